The molecule has 1 N–H and O–H groups in total. The number of carboxylic acids is 1. The highest BCUT2D eigenvalue weighted by atomic mass is 19.4. The van der Waals surface area contributed by atoms with Crippen LogP contribution < -0.4 is 4.74 Å². The van der Waals surface area contributed by atoms with E-state index < -0.39 is 12.1 Å². The average Bonchev–Trinajstić information content (AvgIpc) is 2.72. The molecule has 1 atom stereocenters. The molecule has 1 aromatic carbocycles. The van der Waals surface area contributed by atoms with Crippen LogP contribution in [0.15, 0.2) is 24.3 Å². The van der Waals surface area contributed by atoms with E-state index >= 15 is 0 Å². The Balaban J connectivity index is 0.000000396. The Labute approximate surface area is 174 Å². The van der Waals surface area contributed by atoms with Gasteiger partial charge in [0.1, 0.15) is 5.75 Å². The zero-order valence-electron chi connectivity index (χ0n) is 17.4. The van der Waals surface area contributed by atoms with Gasteiger partial charge < -0.3 is 19.3 Å². The van der Waals surface area contributed by atoms with E-state index in [0.717, 1.165) is 45.2 Å². The molecule has 6 nitrogen and oxygen atoms in total. The maximum Gasteiger partial charge on any atom is 0.490 e. The van der Waals surface area contributed by atoms with Crippen LogP contribution in [-0.2, 0) is 20.8 Å². The molecule has 1 unspecified atom stereocenters. The van der Waals surface area contributed by atoms with Crippen LogP contribution >= 0.6 is 0 Å². The third kappa shape index (κ3) is 6.58. The number of piperidine rings is 1. The van der Waals surface area contributed by atoms with E-state index in [1.807, 2.05) is 12.1 Å². The molecule has 0 amide bonds. The standard InChI is InChI=1S/C19H29NO3.C2HF3O2/c1-21-14-17-15-23-12-9-19(17)7-10-20(11-8-19)13-16-5-3-4-6-18(16)22-2;3-2(4,5)1(6)7/h3-6,17H,7-15H2,1-2H3;(H,6,7). The lowest BCUT2D eigenvalue weighted by atomic mass is 9.66. The van der Waals surface area contributed by atoms with Crippen LogP contribution in [0.5, 0.6) is 5.75 Å². The molecule has 2 fully saturated rings. The molecule has 2 saturated heterocycles. The van der Waals surface area contributed by atoms with Crippen molar-refractivity contribution in [3.8, 4) is 5.75 Å². The Morgan fingerprint density at radius 2 is 1.87 bits per heavy atom. The molecule has 2 aliphatic rings. The molecule has 1 aromatic rings. The first-order valence-corrected chi connectivity index (χ1v) is 9.93. The summed E-state index contributed by atoms with van der Waals surface area (Å²) >= 11 is 0. The highest BCUT2D eigenvalue weighted by molar-refractivity contribution is 5.73. The summed E-state index contributed by atoms with van der Waals surface area (Å²) in [6, 6.07) is 8.35. The second-order valence-corrected chi connectivity index (χ2v) is 7.73. The zero-order chi connectivity index (χ0) is 22.2. The van der Waals surface area contributed by atoms with E-state index in [1.165, 1.54) is 24.8 Å². The third-order valence-corrected chi connectivity index (χ3v) is 5.98. The van der Waals surface area contributed by atoms with E-state index in [2.05, 4.69) is 17.0 Å². The monoisotopic (exact) mass is 433 g/mol. The number of benzene rings is 1. The first kappa shape index (κ1) is 24.4. The van der Waals surface area contributed by atoms with Crippen molar-refractivity contribution >= 4 is 5.97 Å². The van der Waals surface area contributed by atoms with Crippen molar-refractivity contribution in [2.24, 2.45) is 11.3 Å². The predicted octanol–water partition coefficient (Wildman–Crippen LogP) is 3.59. The fourth-order valence-corrected chi connectivity index (χ4v) is 4.20. The van der Waals surface area contributed by atoms with Crippen LogP contribution in [-0.4, -0.2) is 69.3 Å². The molecule has 9 heteroatoms. The van der Waals surface area contributed by atoms with Crippen molar-refractivity contribution in [2.75, 3.05) is 47.1 Å². The summed E-state index contributed by atoms with van der Waals surface area (Å²) in [5.74, 6) is -1.21. The normalized spacial score (nSPS) is 21.6. The van der Waals surface area contributed by atoms with Gasteiger partial charge in [-0.15, -0.1) is 0 Å². The van der Waals surface area contributed by atoms with Crippen LogP contribution in [0.25, 0.3) is 0 Å². The number of rotatable bonds is 5. The number of carbonyl (C=O) groups is 1. The summed E-state index contributed by atoms with van der Waals surface area (Å²) in [6.07, 6.45) is -1.40. The second-order valence-electron chi connectivity index (χ2n) is 7.73. The number of hydrogen-bond donors (Lipinski definition) is 1. The summed E-state index contributed by atoms with van der Waals surface area (Å²) in [5.41, 5.74) is 1.71. The predicted molar refractivity (Wildman–Crippen MR) is 104 cm³/mol. The van der Waals surface area contributed by atoms with Crippen LogP contribution in [0.1, 0.15) is 24.8 Å². The molecular weight excluding hydrogens is 403 g/mol. The number of aliphatic carboxylic acids is 1. The van der Waals surface area contributed by atoms with Crippen LogP contribution in [0.2, 0.25) is 0 Å². The maximum atomic E-state index is 10.6. The number of para-hydroxylation sites is 1. The lowest BCUT2D eigenvalue weighted by Gasteiger charge is -2.49. The quantitative estimate of drug-likeness (QED) is 0.766. The van der Waals surface area contributed by atoms with E-state index in [0.29, 0.717) is 11.3 Å². The van der Waals surface area contributed by atoms with Gasteiger partial charge in [0, 0.05) is 31.7 Å². The molecular formula is C21H30F3NO5. The fourth-order valence-electron chi connectivity index (χ4n) is 4.20. The van der Waals surface area contributed by atoms with Gasteiger partial charge in [0.2, 0.25) is 0 Å². The van der Waals surface area contributed by atoms with Crippen molar-refractivity contribution in [1.82, 2.24) is 4.90 Å². The van der Waals surface area contributed by atoms with Crippen molar-refractivity contribution in [3.63, 3.8) is 0 Å². The van der Waals surface area contributed by atoms with Crippen LogP contribution in [0.4, 0.5) is 13.2 Å². The maximum absolute atomic E-state index is 10.6. The third-order valence-electron chi connectivity index (χ3n) is 5.98. The minimum atomic E-state index is -5.08. The van der Waals surface area contributed by atoms with Gasteiger partial charge in [-0.1, -0.05) is 18.2 Å². The summed E-state index contributed by atoms with van der Waals surface area (Å²) in [5, 5.41) is 7.12. The van der Waals surface area contributed by atoms with Gasteiger partial charge in [0.15, 0.2) is 0 Å². The number of carboxylic acid groups (broad SMARTS) is 1. The molecule has 2 aliphatic heterocycles. The molecule has 170 valence electrons. The molecule has 1 spiro atoms. The van der Waals surface area contributed by atoms with E-state index in [4.69, 9.17) is 24.1 Å². The average molecular weight is 433 g/mol. The summed E-state index contributed by atoms with van der Waals surface area (Å²) in [4.78, 5) is 11.5. The van der Waals surface area contributed by atoms with E-state index in [9.17, 15) is 13.2 Å². The molecule has 0 bridgehead atoms. The minimum absolute atomic E-state index is 0.422. The number of nitrogens with zero attached hydrogens (tertiary/aromatic N) is 1. The molecule has 3 rings (SSSR count). The first-order chi connectivity index (χ1) is 14.2. The van der Waals surface area contributed by atoms with Gasteiger partial charge >= 0.3 is 12.1 Å². The molecule has 0 saturated carbocycles. The number of hydrogen-bond acceptors (Lipinski definition) is 5. The number of halogens is 3. The number of ether oxygens (including phenoxy) is 3. The largest absolute Gasteiger partial charge is 0.496 e. The van der Waals surface area contributed by atoms with Gasteiger partial charge in [0.25, 0.3) is 0 Å². The smallest absolute Gasteiger partial charge is 0.490 e. The Bertz CT molecular complexity index is 673. The Morgan fingerprint density at radius 3 is 2.43 bits per heavy atom. The van der Waals surface area contributed by atoms with Crippen molar-refractivity contribution in [2.45, 2.75) is 32.0 Å². The second kappa shape index (κ2) is 11.0. The molecule has 0 aromatic heterocycles. The summed E-state index contributed by atoms with van der Waals surface area (Å²) < 4.78 is 48.4. The van der Waals surface area contributed by atoms with Crippen LogP contribution in [0, 0.1) is 11.3 Å². The number of likely N-dealkylation sites (tertiary alicyclic amines) is 1. The number of methoxy groups -OCH3 is 2. The molecule has 0 radical (unpaired) electrons. The highest BCUT2D eigenvalue weighted by Crippen LogP contribution is 2.45. The fraction of sp³-hybridized carbons (Fsp3) is 0.667. The van der Waals surface area contributed by atoms with Gasteiger partial charge in [-0.05, 0) is 43.8 Å². The lowest BCUT2D eigenvalue weighted by Crippen LogP contribution is -2.49. The summed E-state index contributed by atoms with van der Waals surface area (Å²) in [7, 11) is 3.56. The van der Waals surface area contributed by atoms with Gasteiger partial charge in [0.05, 0.1) is 20.3 Å². The molecule has 0 aliphatic carbocycles. The Morgan fingerprint density at radius 1 is 1.23 bits per heavy atom. The van der Waals surface area contributed by atoms with Gasteiger partial charge in [-0.3, -0.25) is 4.90 Å². The zero-order valence-corrected chi connectivity index (χ0v) is 17.4. The number of alkyl halides is 3. The molecule has 2 heterocycles. The van der Waals surface area contributed by atoms with E-state index in [1.54, 1.807) is 14.2 Å². The first-order valence-electron chi connectivity index (χ1n) is 9.93. The van der Waals surface area contributed by atoms with E-state index in [-0.39, 0.29) is 0 Å². The SMILES string of the molecule is COCC1COCCC12CCN(Cc1ccccc1OC)CC2.O=C(O)C(F)(F)F. The molecule has 30 heavy (non-hydrogen) atoms. The van der Waals surface area contributed by atoms with Gasteiger partial charge in [-0.25, -0.2) is 4.79 Å². The highest BCUT2D eigenvalue weighted by Gasteiger charge is 2.43. The Kier molecular flexibility index (Phi) is 8.93. The van der Waals surface area contributed by atoms with Gasteiger partial charge in [-0.2, -0.15) is 13.2 Å². The van der Waals surface area contributed by atoms with Crippen LogP contribution in [0.3, 0.4) is 0 Å². The Hall–Kier alpha value is -1.84. The topological polar surface area (TPSA) is 68.2 Å². The van der Waals surface area contributed by atoms with Crippen molar-refractivity contribution in [1.29, 1.82) is 0 Å². The van der Waals surface area contributed by atoms with Crippen molar-refractivity contribution < 1.29 is 37.3 Å². The summed E-state index contributed by atoms with van der Waals surface area (Å²) in [6.45, 7) is 5.88. The minimum Gasteiger partial charge on any atom is -0.496 e. The lowest BCUT2D eigenvalue weighted by molar-refractivity contribution is -0.192. The van der Waals surface area contributed by atoms with Crippen molar-refractivity contribution in [3.05, 3.63) is 29.8 Å².